The van der Waals surface area contributed by atoms with Gasteiger partial charge >= 0.3 is 0 Å². The number of rotatable bonds is 6. The highest BCUT2D eigenvalue weighted by Crippen LogP contribution is 2.24. The van der Waals surface area contributed by atoms with Gasteiger partial charge in [-0.15, -0.1) is 0 Å². The van der Waals surface area contributed by atoms with Crippen LogP contribution in [0.1, 0.15) is 26.7 Å². The smallest absolute Gasteiger partial charge is 0.239 e. The van der Waals surface area contributed by atoms with Crippen molar-refractivity contribution in [1.82, 2.24) is 5.32 Å². The van der Waals surface area contributed by atoms with Crippen molar-refractivity contribution in [3.8, 4) is 0 Å². The van der Waals surface area contributed by atoms with Crippen molar-refractivity contribution in [3.05, 3.63) is 28.2 Å². The second-order valence-corrected chi connectivity index (χ2v) is 4.90. The number of hydrogen-bond acceptors (Lipinski definition) is 2. The fraction of sp³-hybridized carbons (Fsp3) is 0.462. The van der Waals surface area contributed by atoms with Crippen LogP contribution in [0.15, 0.2) is 18.2 Å². The van der Waals surface area contributed by atoms with Crippen molar-refractivity contribution < 1.29 is 4.79 Å². The van der Waals surface area contributed by atoms with E-state index in [1.807, 2.05) is 0 Å². The number of amides is 1. The SMILES string of the molecule is CCC(CC)NC(=O)CNc1ccc(Cl)cc1Cl. The minimum Gasteiger partial charge on any atom is -0.375 e. The number of benzene rings is 1. The summed E-state index contributed by atoms with van der Waals surface area (Å²) in [6.45, 7) is 4.31. The molecule has 1 aromatic carbocycles. The maximum Gasteiger partial charge on any atom is 0.239 e. The van der Waals surface area contributed by atoms with E-state index < -0.39 is 0 Å². The average molecular weight is 289 g/mol. The molecule has 0 aliphatic heterocycles. The highest BCUT2D eigenvalue weighted by atomic mass is 35.5. The highest BCUT2D eigenvalue weighted by Gasteiger charge is 2.08. The molecule has 0 radical (unpaired) electrons. The molecular formula is C13H18Cl2N2O. The van der Waals surface area contributed by atoms with E-state index in [1.165, 1.54) is 0 Å². The summed E-state index contributed by atoms with van der Waals surface area (Å²) >= 11 is 11.8. The maximum absolute atomic E-state index is 11.7. The van der Waals surface area contributed by atoms with Gasteiger partial charge in [0.05, 0.1) is 17.3 Å². The standard InChI is InChI=1S/C13H18Cl2N2O/c1-3-10(4-2)17-13(18)8-16-12-6-5-9(14)7-11(12)15/h5-7,10,16H,3-4,8H2,1-2H3,(H,17,18). The molecule has 3 nitrogen and oxygen atoms in total. The van der Waals surface area contributed by atoms with Gasteiger partial charge in [-0.25, -0.2) is 0 Å². The topological polar surface area (TPSA) is 41.1 Å². The Bertz CT molecular complexity index is 406. The van der Waals surface area contributed by atoms with Crippen molar-refractivity contribution in [2.75, 3.05) is 11.9 Å². The third-order valence-electron chi connectivity index (χ3n) is 2.72. The molecule has 0 unspecified atom stereocenters. The zero-order chi connectivity index (χ0) is 13.5. The van der Waals surface area contributed by atoms with Crippen molar-refractivity contribution in [1.29, 1.82) is 0 Å². The summed E-state index contributed by atoms with van der Waals surface area (Å²) in [6, 6.07) is 5.37. The quantitative estimate of drug-likeness (QED) is 0.838. The van der Waals surface area contributed by atoms with Crippen LogP contribution < -0.4 is 10.6 Å². The fourth-order valence-electron chi connectivity index (χ4n) is 1.58. The molecule has 100 valence electrons. The lowest BCUT2D eigenvalue weighted by molar-refractivity contribution is -0.120. The van der Waals surface area contributed by atoms with Crippen molar-refractivity contribution in [2.24, 2.45) is 0 Å². The van der Waals surface area contributed by atoms with Gasteiger partial charge in [0.25, 0.3) is 0 Å². The number of halogens is 2. The maximum atomic E-state index is 11.7. The number of carbonyl (C=O) groups excluding carboxylic acids is 1. The normalized spacial score (nSPS) is 10.5. The monoisotopic (exact) mass is 288 g/mol. The summed E-state index contributed by atoms with van der Waals surface area (Å²) in [4.78, 5) is 11.7. The van der Waals surface area contributed by atoms with Crippen LogP contribution in [0.3, 0.4) is 0 Å². The van der Waals surface area contributed by atoms with Crippen LogP contribution in [0.5, 0.6) is 0 Å². The van der Waals surface area contributed by atoms with Crippen molar-refractivity contribution >= 4 is 34.8 Å². The number of anilines is 1. The molecule has 0 saturated carbocycles. The zero-order valence-corrected chi connectivity index (χ0v) is 12.1. The van der Waals surface area contributed by atoms with Gasteiger partial charge in [0, 0.05) is 11.1 Å². The van der Waals surface area contributed by atoms with E-state index in [0.29, 0.717) is 15.7 Å². The third-order valence-corrected chi connectivity index (χ3v) is 3.27. The van der Waals surface area contributed by atoms with Gasteiger partial charge in [0.15, 0.2) is 0 Å². The Balaban J connectivity index is 2.47. The van der Waals surface area contributed by atoms with Crippen LogP contribution in [0.25, 0.3) is 0 Å². The van der Waals surface area contributed by atoms with Gasteiger partial charge in [-0.3, -0.25) is 4.79 Å². The van der Waals surface area contributed by atoms with E-state index in [0.717, 1.165) is 12.8 Å². The molecule has 1 rings (SSSR count). The first-order chi connectivity index (χ1) is 8.56. The first-order valence-corrected chi connectivity index (χ1v) is 6.80. The molecular weight excluding hydrogens is 271 g/mol. The summed E-state index contributed by atoms with van der Waals surface area (Å²) in [6.07, 6.45) is 1.87. The predicted octanol–water partition coefficient (Wildman–Crippen LogP) is 3.71. The van der Waals surface area contributed by atoms with Crippen LogP contribution in [0.2, 0.25) is 10.0 Å². The van der Waals surface area contributed by atoms with Gasteiger partial charge in [0.1, 0.15) is 0 Å². The van der Waals surface area contributed by atoms with E-state index in [2.05, 4.69) is 24.5 Å². The summed E-state index contributed by atoms with van der Waals surface area (Å²) in [5.41, 5.74) is 0.709. The molecule has 1 aromatic rings. The molecule has 2 N–H and O–H groups in total. The Hall–Kier alpha value is -0.930. The van der Waals surface area contributed by atoms with Crippen molar-refractivity contribution in [2.45, 2.75) is 32.7 Å². The summed E-state index contributed by atoms with van der Waals surface area (Å²) in [7, 11) is 0. The largest absolute Gasteiger partial charge is 0.375 e. The van der Waals surface area contributed by atoms with E-state index in [9.17, 15) is 4.79 Å². The summed E-state index contributed by atoms with van der Waals surface area (Å²) < 4.78 is 0. The van der Waals surface area contributed by atoms with Gasteiger partial charge < -0.3 is 10.6 Å². The van der Waals surface area contributed by atoms with Crippen LogP contribution in [-0.4, -0.2) is 18.5 Å². The molecule has 0 aliphatic rings. The van der Waals surface area contributed by atoms with Gasteiger partial charge in [0.2, 0.25) is 5.91 Å². The van der Waals surface area contributed by atoms with E-state index in [4.69, 9.17) is 23.2 Å². The van der Waals surface area contributed by atoms with Gasteiger partial charge in [-0.1, -0.05) is 37.0 Å². The first-order valence-electron chi connectivity index (χ1n) is 6.05. The molecule has 0 aromatic heterocycles. The van der Waals surface area contributed by atoms with Crippen LogP contribution in [0, 0.1) is 0 Å². The zero-order valence-electron chi connectivity index (χ0n) is 10.6. The molecule has 18 heavy (non-hydrogen) atoms. The van der Waals surface area contributed by atoms with Gasteiger partial charge in [-0.05, 0) is 31.0 Å². The summed E-state index contributed by atoms with van der Waals surface area (Å²) in [5, 5.41) is 7.03. The number of nitrogens with one attached hydrogen (secondary N) is 2. The molecule has 0 atom stereocenters. The third kappa shape index (κ3) is 4.75. The fourth-order valence-corrected chi connectivity index (χ4v) is 2.06. The summed E-state index contributed by atoms with van der Waals surface area (Å²) in [5.74, 6) is -0.0327. The predicted molar refractivity (Wildman–Crippen MR) is 77.5 cm³/mol. The number of hydrogen-bond donors (Lipinski definition) is 2. The molecule has 0 bridgehead atoms. The first kappa shape index (κ1) is 15.1. The van der Waals surface area contributed by atoms with E-state index in [-0.39, 0.29) is 18.5 Å². The molecule has 1 amide bonds. The molecule has 0 aliphatic carbocycles. The number of carbonyl (C=O) groups is 1. The Labute approximate surface area is 118 Å². The lowest BCUT2D eigenvalue weighted by Gasteiger charge is -2.15. The van der Waals surface area contributed by atoms with E-state index >= 15 is 0 Å². The molecule has 0 saturated heterocycles. The molecule has 0 spiro atoms. The Kier molecular flexibility index (Phi) is 6.30. The van der Waals surface area contributed by atoms with Crippen LogP contribution >= 0.6 is 23.2 Å². The Morgan fingerprint density at radius 3 is 2.50 bits per heavy atom. The molecule has 0 heterocycles. The Morgan fingerprint density at radius 2 is 1.94 bits per heavy atom. The Morgan fingerprint density at radius 1 is 1.28 bits per heavy atom. The molecule has 0 fully saturated rings. The van der Waals surface area contributed by atoms with E-state index in [1.54, 1.807) is 18.2 Å². The molecule has 5 heteroatoms. The van der Waals surface area contributed by atoms with Crippen LogP contribution in [-0.2, 0) is 4.79 Å². The van der Waals surface area contributed by atoms with Crippen molar-refractivity contribution in [3.63, 3.8) is 0 Å². The van der Waals surface area contributed by atoms with Crippen LogP contribution in [0.4, 0.5) is 5.69 Å². The van der Waals surface area contributed by atoms with Gasteiger partial charge in [-0.2, -0.15) is 0 Å². The second kappa shape index (κ2) is 7.49. The average Bonchev–Trinajstić information content (AvgIpc) is 2.35. The lowest BCUT2D eigenvalue weighted by atomic mass is 10.2. The minimum absolute atomic E-state index is 0.0327. The lowest BCUT2D eigenvalue weighted by Crippen LogP contribution is -2.37. The highest BCUT2D eigenvalue weighted by molar-refractivity contribution is 6.36. The minimum atomic E-state index is -0.0327. The second-order valence-electron chi connectivity index (χ2n) is 4.06.